The van der Waals surface area contributed by atoms with Crippen molar-refractivity contribution in [3.8, 4) is 5.75 Å². The van der Waals surface area contributed by atoms with E-state index in [1.807, 2.05) is 34.5 Å². The van der Waals surface area contributed by atoms with E-state index in [1.165, 1.54) is 11.8 Å². The van der Waals surface area contributed by atoms with E-state index in [4.69, 9.17) is 4.74 Å². The Morgan fingerprint density at radius 2 is 2.24 bits per heavy atom. The Bertz CT molecular complexity index is 734. The highest BCUT2D eigenvalue weighted by molar-refractivity contribution is 8.00. The van der Waals surface area contributed by atoms with Gasteiger partial charge < -0.3 is 15.0 Å². The standard InChI is InChI=1S/C18H20N2O3S2/c1-13(21)19-14-5-2-6-15(11-14)23-9-4-8-20-17(22)12-25-18(20)16-7-3-10-24-16/h2-3,5-7,10-11,18H,4,8-9,12H2,1H3,(H,19,21). The average Bonchev–Trinajstić information content (AvgIpc) is 3.21. The predicted molar refractivity (Wildman–Crippen MR) is 102 cm³/mol. The van der Waals surface area contributed by atoms with Crippen molar-refractivity contribution >= 4 is 40.6 Å². The Morgan fingerprint density at radius 1 is 1.36 bits per heavy atom. The zero-order valence-electron chi connectivity index (χ0n) is 13.9. The molecule has 132 valence electrons. The van der Waals surface area contributed by atoms with Gasteiger partial charge in [0.1, 0.15) is 11.1 Å². The van der Waals surface area contributed by atoms with Crippen LogP contribution in [-0.4, -0.2) is 35.6 Å². The molecule has 1 saturated heterocycles. The summed E-state index contributed by atoms with van der Waals surface area (Å²) in [6.07, 6.45) is 0.762. The molecular weight excluding hydrogens is 356 g/mol. The van der Waals surface area contributed by atoms with Crippen LogP contribution in [0, 0.1) is 0 Å². The van der Waals surface area contributed by atoms with Crippen LogP contribution in [0.2, 0.25) is 0 Å². The number of hydrogen-bond donors (Lipinski definition) is 1. The van der Waals surface area contributed by atoms with Gasteiger partial charge >= 0.3 is 0 Å². The van der Waals surface area contributed by atoms with Gasteiger partial charge in [-0.05, 0) is 30.0 Å². The molecule has 0 bridgehead atoms. The van der Waals surface area contributed by atoms with Gasteiger partial charge in [-0.25, -0.2) is 0 Å². The average molecular weight is 377 g/mol. The minimum Gasteiger partial charge on any atom is -0.493 e. The second kappa shape index (κ2) is 8.40. The van der Waals surface area contributed by atoms with E-state index >= 15 is 0 Å². The van der Waals surface area contributed by atoms with E-state index in [9.17, 15) is 9.59 Å². The fraction of sp³-hybridized carbons (Fsp3) is 0.333. The molecule has 0 radical (unpaired) electrons. The lowest BCUT2D eigenvalue weighted by atomic mass is 10.3. The van der Waals surface area contributed by atoms with Crippen molar-refractivity contribution in [2.45, 2.75) is 18.7 Å². The number of amides is 2. The normalized spacial score (nSPS) is 16.9. The van der Waals surface area contributed by atoms with Crippen molar-refractivity contribution in [3.63, 3.8) is 0 Å². The van der Waals surface area contributed by atoms with Crippen molar-refractivity contribution in [1.82, 2.24) is 4.90 Å². The number of benzene rings is 1. The molecule has 1 aromatic heterocycles. The molecule has 1 unspecified atom stereocenters. The molecule has 1 aliphatic heterocycles. The molecule has 2 heterocycles. The molecule has 7 heteroatoms. The molecule has 0 spiro atoms. The molecule has 2 amide bonds. The molecule has 1 fully saturated rings. The van der Waals surface area contributed by atoms with Gasteiger partial charge in [-0.3, -0.25) is 9.59 Å². The van der Waals surface area contributed by atoms with E-state index in [-0.39, 0.29) is 17.2 Å². The summed E-state index contributed by atoms with van der Waals surface area (Å²) in [6, 6.07) is 11.4. The molecule has 1 N–H and O–H groups in total. The summed E-state index contributed by atoms with van der Waals surface area (Å²) >= 11 is 3.37. The minimum atomic E-state index is -0.109. The first kappa shape index (κ1) is 17.8. The summed E-state index contributed by atoms with van der Waals surface area (Å²) in [5.74, 6) is 1.34. The lowest BCUT2D eigenvalue weighted by molar-refractivity contribution is -0.128. The number of hydrogen-bond acceptors (Lipinski definition) is 5. The molecule has 1 aromatic carbocycles. The third-order valence-corrected chi connectivity index (χ3v) is 6.03. The SMILES string of the molecule is CC(=O)Nc1cccc(OCCCN2C(=O)CSC2c2cccs2)c1. The quantitative estimate of drug-likeness (QED) is 0.748. The van der Waals surface area contributed by atoms with Crippen LogP contribution in [0.1, 0.15) is 23.6 Å². The smallest absolute Gasteiger partial charge is 0.233 e. The second-order valence-corrected chi connectivity index (χ2v) is 7.72. The first-order valence-electron chi connectivity index (χ1n) is 8.08. The van der Waals surface area contributed by atoms with Crippen LogP contribution in [0.25, 0.3) is 0 Å². The molecule has 2 aromatic rings. The highest BCUT2D eigenvalue weighted by Crippen LogP contribution is 2.40. The van der Waals surface area contributed by atoms with Crippen LogP contribution in [0.4, 0.5) is 5.69 Å². The van der Waals surface area contributed by atoms with Gasteiger partial charge in [0.25, 0.3) is 0 Å². The van der Waals surface area contributed by atoms with Gasteiger partial charge in [-0.1, -0.05) is 12.1 Å². The van der Waals surface area contributed by atoms with E-state index in [2.05, 4.69) is 11.4 Å². The number of nitrogens with zero attached hydrogens (tertiary/aromatic N) is 1. The number of carbonyl (C=O) groups excluding carboxylic acids is 2. The highest BCUT2D eigenvalue weighted by atomic mass is 32.2. The van der Waals surface area contributed by atoms with Gasteiger partial charge in [0.05, 0.1) is 12.4 Å². The summed E-state index contributed by atoms with van der Waals surface area (Å²) < 4.78 is 5.76. The summed E-state index contributed by atoms with van der Waals surface area (Å²) in [5, 5.41) is 4.91. The highest BCUT2D eigenvalue weighted by Gasteiger charge is 2.32. The summed E-state index contributed by atoms with van der Waals surface area (Å²) in [5.41, 5.74) is 0.717. The Balaban J connectivity index is 1.49. The first-order valence-corrected chi connectivity index (χ1v) is 10.0. The van der Waals surface area contributed by atoms with Gasteiger partial charge in [-0.2, -0.15) is 0 Å². The first-order chi connectivity index (χ1) is 12.1. The number of rotatable bonds is 7. The van der Waals surface area contributed by atoms with E-state index in [0.29, 0.717) is 30.3 Å². The molecule has 3 rings (SSSR count). The van der Waals surface area contributed by atoms with E-state index in [1.54, 1.807) is 29.2 Å². The van der Waals surface area contributed by atoms with Gasteiger partial charge in [0.15, 0.2) is 0 Å². The van der Waals surface area contributed by atoms with Gasteiger partial charge in [0.2, 0.25) is 11.8 Å². The van der Waals surface area contributed by atoms with Crippen LogP contribution in [-0.2, 0) is 9.59 Å². The van der Waals surface area contributed by atoms with E-state index < -0.39 is 0 Å². The number of anilines is 1. The lowest BCUT2D eigenvalue weighted by Crippen LogP contribution is -2.29. The molecule has 25 heavy (non-hydrogen) atoms. The largest absolute Gasteiger partial charge is 0.493 e. The molecule has 0 aliphatic carbocycles. The Hall–Kier alpha value is -1.99. The maximum Gasteiger partial charge on any atom is 0.233 e. The number of thiophene rings is 1. The second-order valence-electron chi connectivity index (χ2n) is 5.68. The number of carbonyl (C=O) groups is 2. The van der Waals surface area contributed by atoms with Gasteiger partial charge in [-0.15, -0.1) is 23.1 Å². The van der Waals surface area contributed by atoms with Crippen molar-refractivity contribution in [2.75, 3.05) is 24.2 Å². The third kappa shape index (κ3) is 4.76. The fourth-order valence-corrected chi connectivity index (χ4v) is 4.85. The summed E-state index contributed by atoms with van der Waals surface area (Å²) in [7, 11) is 0. The van der Waals surface area contributed by atoms with Crippen molar-refractivity contribution in [1.29, 1.82) is 0 Å². The zero-order chi connectivity index (χ0) is 17.6. The maximum atomic E-state index is 12.1. The third-order valence-electron chi connectivity index (χ3n) is 3.72. The molecule has 0 saturated carbocycles. The number of thioether (sulfide) groups is 1. The summed E-state index contributed by atoms with van der Waals surface area (Å²) in [4.78, 5) is 26.4. The Labute approximate surface area is 155 Å². The molecule has 1 atom stereocenters. The van der Waals surface area contributed by atoms with E-state index in [0.717, 1.165) is 6.42 Å². The zero-order valence-corrected chi connectivity index (χ0v) is 15.6. The molecule has 1 aliphatic rings. The van der Waals surface area contributed by atoms with Crippen LogP contribution < -0.4 is 10.1 Å². The predicted octanol–water partition coefficient (Wildman–Crippen LogP) is 3.75. The van der Waals surface area contributed by atoms with Crippen LogP contribution in [0.3, 0.4) is 0 Å². The van der Waals surface area contributed by atoms with Crippen LogP contribution >= 0.6 is 23.1 Å². The van der Waals surface area contributed by atoms with Crippen molar-refractivity contribution < 1.29 is 14.3 Å². The van der Waals surface area contributed by atoms with Crippen LogP contribution in [0.5, 0.6) is 5.75 Å². The maximum absolute atomic E-state index is 12.1. The topological polar surface area (TPSA) is 58.6 Å². The van der Waals surface area contributed by atoms with Crippen molar-refractivity contribution in [3.05, 3.63) is 46.7 Å². The summed E-state index contributed by atoms with van der Waals surface area (Å²) in [6.45, 7) is 2.68. The fourth-order valence-electron chi connectivity index (χ4n) is 2.66. The lowest BCUT2D eigenvalue weighted by Gasteiger charge is -2.23. The molecular formula is C18H20N2O3S2. The Morgan fingerprint density at radius 3 is 3.00 bits per heavy atom. The van der Waals surface area contributed by atoms with Crippen LogP contribution in [0.15, 0.2) is 41.8 Å². The number of ether oxygens (including phenoxy) is 1. The van der Waals surface area contributed by atoms with Gasteiger partial charge in [0, 0.05) is 30.1 Å². The molecule has 5 nitrogen and oxygen atoms in total. The van der Waals surface area contributed by atoms with Crippen molar-refractivity contribution in [2.24, 2.45) is 0 Å². The Kier molecular flexibility index (Phi) is 5.99. The number of nitrogens with one attached hydrogen (secondary N) is 1. The minimum absolute atomic E-state index is 0.109. The monoisotopic (exact) mass is 376 g/mol.